The Morgan fingerprint density at radius 2 is 1.77 bits per heavy atom. The van der Waals surface area contributed by atoms with Gasteiger partial charge in [-0.25, -0.2) is 0 Å². The lowest BCUT2D eigenvalue weighted by atomic mass is 9.82. The highest BCUT2D eigenvalue weighted by Gasteiger charge is 2.32. The third-order valence-corrected chi connectivity index (χ3v) is 4.92. The maximum Gasteiger partial charge on any atom is 0.123 e. The summed E-state index contributed by atoms with van der Waals surface area (Å²) in [6.07, 6.45) is 1.17. The lowest BCUT2D eigenvalue weighted by Crippen LogP contribution is -2.43. The average Bonchev–Trinajstić information content (AvgIpc) is 2.54. The minimum Gasteiger partial charge on any atom is -0.488 e. The molecule has 1 aliphatic heterocycles. The third-order valence-electron chi connectivity index (χ3n) is 4.67. The second-order valence-electron chi connectivity index (χ2n) is 6.24. The van der Waals surface area contributed by atoms with Crippen molar-refractivity contribution in [2.75, 3.05) is 14.1 Å². The van der Waals surface area contributed by atoms with Crippen LogP contribution in [-0.2, 0) is 0 Å². The Kier molecular flexibility index (Phi) is 4.42. The van der Waals surface area contributed by atoms with Gasteiger partial charge in [0.25, 0.3) is 0 Å². The molecule has 0 saturated heterocycles. The normalized spacial score (nSPS) is 22.0. The molecule has 2 aromatic rings. The Morgan fingerprint density at radius 3 is 2.45 bits per heavy atom. The second-order valence-corrected chi connectivity index (χ2v) is 6.67. The zero-order valence-electron chi connectivity index (χ0n) is 13.3. The lowest BCUT2D eigenvalue weighted by Gasteiger charge is -2.37. The van der Waals surface area contributed by atoms with Gasteiger partial charge in [0, 0.05) is 22.5 Å². The summed E-state index contributed by atoms with van der Waals surface area (Å²) in [5, 5.41) is 0.780. The van der Waals surface area contributed by atoms with Crippen molar-refractivity contribution in [2.45, 2.75) is 31.4 Å². The average molecular weight is 316 g/mol. The van der Waals surface area contributed by atoms with Gasteiger partial charge in [0.2, 0.25) is 0 Å². The molecule has 22 heavy (non-hydrogen) atoms. The van der Waals surface area contributed by atoms with Crippen LogP contribution in [0, 0.1) is 0 Å². The highest BCUT2D eigenvalue weighted by molar-refractivity contribution is 6.30. The SMILES string of the molecule is CC(C1CC(c2ccc(Cl)cc2)c2ccccc2O1)N(C)C. The van der Waals surface area contributed by atoms with Gasteiger partial charge in [-0.05, 0) is 51.2 Å². The molecule has 0 spiro atoms. The van der Waals surface area contributed by atoms with Crippen LogP contribution in [0.25, 0.3) is 0 Å². The fourth-order valence-corrected chi connectivity index (χ4v) is 3.21. The first-order valence-corrected chi connectivity index (χ1v) is 8.11. The molecule has 0 N–H and O–H groups in total. The van der Waals surface area contributed by atoms with E-state index in [9.17, 15) is 0 Å². The molecule has 1 heterocycles. The molecule has 2 nitrogen and oxygen atoms in total. The summed E-state index contributed by atoms with van der Waals surface area (Å²) in [7, 11) is 4.21. The van der Waals surface area contributed by atoms with Gasteiger partial charge in [0.1, 0.15) is 11.9 Å². The minimum atomic E-state index is 0.186. The number of para-hydroxylation sites is 1. The number of hydrogen-bond donors (Lipinski definition) is 0. The smallest absolute Gasteiger partial charge is 0.123 e. The van der Waals surface area contributed by atoms with E-state index in [2.05, 4.69) is 56.3 Å². The van der Waals surface area contributed by atoms with Crippen molar-refractivity contribution >= 4 is 11.6 Å². The van der Waals surface area contributed by atoms with Crippen molar-refractivity contribution in [3.8, 4) is 5.75 Å². The topological polar surface area (TPSA) is 12.5 Å². The number of halogens is 1. The molecule has 1 aliphatic rings. The van der Waals surface area contributed by atoms with E-state index in [0.29, 0.717) is 12.0 Å². The van der Waals surface area contributed by atoms with Crippen molar-refractivity contribution in [1.29, 1.82) is 0 Å². The van der Waals surface area contributed by atoms with E-state index in [-0.39, 0.29) is 6.10 Å². The maximum absolute atomic E-state index is 6.26. The zero-order valence-corrected chi connectivity index (χ0v) is 14.0. The summed E-state index contributed by atoms with van der Waals surface area (Å²) in [5.41, 5.74) is 2.57. The summed E-state index contributed by atoms with van der Waals surface area (Å²) in [5.74, 6) is 1.36. The molecule has 2 aromatic carbocycles. The van der Waals surface area contributed by atoms with E-state index in [1.807, 2.05) is 18.2 Å². The number of ether oxygens (including phenoxy) is 1. The van der Waals surface area contributed by atoms with E-state index in [0.717, 1.165) is 17.2 Å². The lowest BCUT2D eigenvalue weighted by molar-refractivity contribution is 0.0832. The molecule has 3 atom stereocenters. The van der Waals surface area contributed by atoms with Gasteiger partial charge in [-0.3, -0.25) is 0 Å². The first-order valence-electron chi connectivity index (χ1n) is 7.73. The van der Waals surface area contributed by atoms with E-state index in [1.165, 1.54) is 11.1 Å². The molecule has 0 aromatic heterocycles. The van der Waals surface area contributed by atoms with E-state index in [1.54, 1.807) is 0 Å². The molecule has 3 rings (SSSR count). The number of benzene rings is 2. The van der Waals surface area contributed by atoms with Crippen molar-refractivity contribution in [1.82, 2.24) is 4.90 Å². The van der Waals surface area contributed by atoms with Crippen molar-refractivity contribution < 1.29 is 4.74 Å². The highest BCUT2D eigenvalue weighted by Crippen LogP contribution is 2.41. The summed E-state index contributed by atoms with van der Waals surface area (Å²) < 4.78 is 6.26. The summed E-state index contributed by atoms with van der Waals surface area (Å²) in [6, 6.07) is 16.9. The van der Waals surface area contributed by atoms with Crippen LogP contribution in [0.2, 0.25) is 5.02 Å². The van der Waals surface area contributed by atoms with Gasteiger partial charge < -0.3 is 9.64 Å². The van der Waals surface area contributed by atoms with Gasteiger partial charge in [-0.15, -0.1) is 0 Å². The number of rotatable bonds is 3. The van der Waals surface area contributed by atoms with Gasteiger partial charge in [0.05, 0.1) is 0 Å². The summed E-state index contributed by atoms with van der Waals surface area (Å²) in [6.45, 7) is 2.22. The van der Waals surface area contributed by atoms with Gasteiger partial charge in [-0.2, -0.15) is 0 Å². The van der Waals surface area contributed by atoms with Gasteiger partial charge in [0.15, 0.2) is 0 Å². The monoisotopic (exact) mass is 315 g/mol. The number of fused-ring (bicyclic) bond motifs is 1. The van der Waals surface area contributed by atoms with Crippen LogP contribution in [0.4, 0.5) is 0 Å². The van der Waals surface area contributed by atoms with Crippen LogP contribution in [0.5, 0.6) is 5.75 Å². The van der Waals surface area contributed by atoms with Gasteiger partial charge >= 0.3 is 0 Å². The Morgan fingerprint density at radius 1 is 1.09 bits per heavy atom. The molecule has 0 bridgehead atoms. The Labute approximate surface area is 137 Å². The molecule has 0 fully saturated rings. The van der Waals surface area contributed by atoms with E-state index in [4.69, 9.17) is 16.3 Å². The summed E-state index contributed by atoms with van der Waals surface area (Å²) >= 11 is 6.04. The van der Waals surface area contributed by atoms with Crippen molar-refractivity contribution in [3.63, 3.8) is 0 Å². The van der Waals surface area contributed by atoms with Crippen LogP contribution in [0.1, 0.15) is 30.4 Å². The van der Waals surface area contributed by atoms with Crippen LogP contribution in [-0.4, -0.2) is 31.1 Å². The molecule has 0 radical (unpaired) electrons. The van der Waals surface area contributed by atoms with Crippen LogP contribution < -0.4 is 4.74 Å². The molecule has 3 heteroatoms. The van der Waals surface area contributed by atoms with Crippen molar-refractivity contribution in [3.05, 3.63) is 64.7 Å². The predicted molar refractivity (Wildman–Crippen MR) is 91.9 cm³/mol. The molecule has 0 saturated carbocycles. The highest BCUT2D eigenvalue weighted by atomic mass is 35.5. The van der Waals surface area contributed by atoms with E-state index >= 15 is 0 Å². The molecule has 0 amide bonds. The predicted octanol–water partition coefficient (Wildman–Crippen LogP) is 4.57. The summed E-state index contributed by atoms with van der Waals surface area (Å²) in [4.78, 5) is 2.22. The Bertz CT molecular complexity index is 638. The Balaban J connectivity index is 1.98. The van der Waals surface area contributed by atoms with Crippen LogP contribution >= 0.6 is 11.6 Å². The molecule has 0 aliphatic carbocycles. The van der Waals surface area contributed by atoms with E-state index < -0.39 is 0 Å². The Hall–Kier alpha value is -1.51. The minimum absolute atomic E-state index is 0.186. The van der Waals surface area contributed by atoms with Crippen molar-refractivity contribution in [2.24, 2.45) is 0 Å². The molecular formula is C19H22ClNO. The largest absolute Gasteiger partial charge is 0.488 e. The fourth-order valence-electron chi connectivity index (χ4n) is 3.08. The number of likely N-dealkylation sites (N-methyl/N-ethyl adjacent to an activating group) is 1. The molecule has 3 unspecified atom stereocenters. The third kappa shape index (κ3) is 2.99. The van der Waals surface area contributed by atoms with Gasteiger partial charge in [-0.1, -0.05) is 41.9 Å². The van der Waals surface area contributed by atoms with Crippen LogP contribution in [0.3, 0.4) is 0 Å². The molecule has 116 valence electrons. The quantitative estimate of drug-likeness (QED) is 0.822. The molecular weight excluding hydrogens is 294 g/mol. The first-order chi connectivity index (χ1) is 10.6. The number of nitrogens with zero attached hydrogens (tertiary/aromatic N) is 1. The van der Waals surface area contributed by atoms with Crippen LogP contribution in [0.15, 0.2) is 48.5 Å². The standard InChI is InChI=1S/C19H22ClNO/c1-13(21(2)3)19-12-17(14-8-10-15(20)11-9-14)16-6-4-5-7-18(16)22-19/h4-11,13,17,19H,12H2,1-3H3. The maximum atomic E-state index is 6.26. The second kappa shape index (κ2) is 6.31. The zero-order chi connectivity index (χ0) is 15.7. The first kappa shape index (κ1) is 15.4. The fraction of sp³-hybridized carbons (Fsp3) is 0.368. The number of hydrogen-bond acceptors (Lipinski definition) is 2.